The van der Waals surface area contributed by atoms with Crippen molar-refractivity contribution < 1.29 is 13.9 Å². The lowest BCUT2D eigenvalue weighted by Gasteiger charge is -2.13. The summed E-state index contributed by atoms with van der Waals surface area (Å²) < 4.78 is 12.2. The molecule has 1 unspecified atom stereocenters. The molecule has 0 aliphatic rings. The van der Waals surface area contributed by atoms with E-state index in [1.807, 2.05) is 44.2 Å². The summed E-state index contributed by atoms with van der Waals surface area (Å²) in [6.45, 7) is 3.73. The van der Waals surface area contributed by atoms with Crippen LogP contribution in [-0.2, 0) is 4.79 Å². The predicted molar refractivity (Wildman–Crippen MR) is 109 cm³/mol. The molecule has 138 valence electrons. The number of hydrogen-bond acceptors (Lipinski definition) is 7. The Kier molecular flexibility index (Phi) is 4.75. The van der Waals surface area contributed by atoms with Gasteiger partial charge in [-0.25, -0.2) is 0 Å². The second kappa shape index (κ2) is 7.21. The molecular formula is C19H17N3O3S2. The number of fused-ring (bicyclic) bond motifs is 3. The molecule has 0 fully saturated rings. The Morgan fingerprint density at radius 3 is 2.78 bits per heavy atom. The van der Waals surface area contributed by atoms with Gasteiger partial charge in [-0.1, -0.05) is 41.3 Å². The summed E-state index contributed by atoms with van der Waals surface area (Å²) in [4.78, 5) is 12.6. The summed E-state index contributed by atoms with van der Waals surface area (Å²) in [5, 5.41) is 13.5. The third-order valence-electron chi connectivity index (χ3n) is 4.11. The molecule has 0 radical (unpaired) electrons. The Morgan fingerprint density at radius 2 is 2.04 bits per heavy atom. The van der Waals surface area contributed by atoms with Gasteiger partial charge in [-0.2, -0.15) is 0 Å². The molecule has 8 heteroatoms. The molecule has 0 aliphatic carbocycles. The van der Waals surface area contributed by atoms with E-state index in [1.165, 1.54) is 23.1 Å². The molecule has 0 saturated heterocycles. The first-order valence-electron chi connectivity index (χ1n) is 8.32. The van der Waals surface area contributed by atoms with Gasteiger partial charge in [-0.05, 0) is 26.0 Å². The van der Waals surface area contributed by atoms with Crippen molar-refractivity contribution in [3.8, 4) is 5.75 Å². The molecule has 1 atom stereocenters. The van der Waals surface area contributed by atoms with Crippen LogP contribution in [0.1, 0.15) is 11.9 Å². The van der Waals surface area contributed by atoms with Crippen LogP contribution in [0.2, 0.25) is 0 Å². The second-order valence-electron chi connectivity index (χ2n) is 5.98. The number of amides is 1. The quantitative estimate of drug-likeness (QED) is 0.482. The average molecular weight is 399 g/mol. The summed E-state index contributed by atoms with van der Waals surface area (Å²) >= 11 is 2.85. The number of carbonyl (C=O) groups is 1. The highest BCUT2D eigenvalue weighted by Crippen LogP contribution is 2.37. The van der Waals surface area contributed by atoms with Crippen molar-refractivity contribution >= 4 is 56.6 Å². The highest BCUT2D eigenvalue weighted by atomic mass is 32.2. The number of hydrogen-bond donors (Lipinski definition) is 1. The average Bonchev–Trinajstić information content (AvgIpc) is 3.23. The summed E-state index contributed by atoms with van der Waals surface area (Å²) in [6, 6.07) is 11.5. The molecule has 0 bridgehead atoms. The maximum absolute atomic E-state index is 12.6. The van der Waals surface area contributed by atoms with E-state index in [1.54, 1.807) is 13.2 Å². The van der Waals surface area contributed by atoms with E-state index in [0.717, 1.165) is 25.7 Å². The van der Waals surface area contributed by atoms with Crippen LogP contribution < -0.4 is 10.1 Å². The van der Waals surface area contributed by atoms with Crippen LogP contribution in [0.25, 0.3) is 21.9 Å². The van der Waals surface area contributed by atoms with Gasteiger partial charge in [-0.15, -0.1) is 10.2 Å². The number of thioether (sulfide) groups is 1. The summed E-state index contributed by atoms with van der Waals surface area (Å²) in [6.07, 6.45) is 0. The van der Waals surface area contributed by atoms with Gasteiger partial charge in [-0.3, -0.25) is 4.79 Å². The monoisotopic (exact) mass is 399 g/mol. The van der Waals surface area contributed by atoms with Crippen molar-refractivity contribution in [1.82, 2.24) is 10.2 Å². The summed E-state index contributed by atoms with van der Waals surface area (Å²) in [5.41, 5.74) is 2.08. The number of aromatic nitrogens is 2. The fourth-order valence-corrected chi connectivity index (χ4v) is 4.74. The Bertz CT molecular complexity index is 1140. The molecular weight excluding hydrogens is 382 g/mol. The number of ether oxygens (including phenoxy) is 1. The lowest BCUT2D eigenvalue weighted by Crippen LogP contribution is -2.22. The van der Waals surface area contributed by atoms with Crippen molar-refractivity contribution in [2.24, 2.45) is 0 Å². The van der Waals surface area contributed by atoms with Crippen LogP contribution in [0.15, 0.2) is 45.2 Å². The normalized spacial score (nSPS) is 12.4. The third-order valence-corrected chi connectivity index (χ3v) is 6.13. The minimum absolute atomic E-state index is 0.137. The Labute approximate surface area is 163 Å². The van der Waals surface area contributed by atoms with Crippen LogP contribution in [0.3, 0.4) is 0 Å². The summed E-state index contributed by atoms with van der Waals surface area (Å²) in [5.74, 6) is 0.452. The molecule has 4 aromatic rings. The standard InChI is InChI=1S/C19H17N3O3S2/c1-10(26-19-22-21-11(2)27-19)18(23)20-14-9-16-13(8-17(14)24-3)12-6-4-5-7-15(12)25-16/h4-10H,1-3H3,(H,20,23). The van der Waals surface area contributed by atoms with Gasteiger partial charge in [0.1, 0.15) is 21.9 Å². The Hall–Kier alpha value is -2.58. The zero-order valence-corrected chi connectivity index (χ0v) is 16.6. The maximum atomic E-state index is 12.6. The molecule has 0 aliphatic heterocycles. The molecule has 1 N–H and O–H groups in total. The van der Waals surface area contributed by atoms with E-state index < -0.39 is 0 Å². The first-order chi connectivity index (χ1) is 13.0. The SMILES string of the molecule is COc1cc2c(cc1NC(=O)C(C)Sc1nnc(C)s1)oc1ccccc12. The van der Waals surface area contributed by atoms with Crippen LogP contribution in [0, 0.1) is 6.92 Å². The van der Waals surface area contributed by atoms with Gasteiger partial charge in [0.15, 0.2) is 4.34 Å². The minimum atomic E-state index is -0.326. The number of furan rings is 1. The molecule has 4 rings (SSSR count). The molecule has 2 heterocycles. The van der Waals surface area contributed by atoms with E-state index in [2.05, 4.69) is 15.5 Å². The van der Waals surface area contributed by atoms with Gasteiger partial charge >= 0.3 is 0 Å². The van der Waals surface area contributed by atoms with E-state index in [0.29, 0.717) is 17.0 Å². The number of carbonyl (C=O) groups excluding carboxylic acids is 1. The fraction of sp³-hybridized carbons (Fsp3) is 0.211. The van der Waals surface area contributed by atoms with Crippen molar-refractivity contribution in [2.45, 2.75) is 23.4 Å². The third kappa shape index (κ3) is 3.50. The minimum Gasteiger partial charge on any atom is -0.495 e. The van der Waals surface area contributed by atoms with E-state index in [4.69, 9.17) is 9.15 Å². The molecule has 0 saturated carbocycles. The van der Waals surface area contributed by atoms with E-state index >= 15 is 0 Å². The zero-order chi connectivity index (χ0) is 19.0. The van der Waals surface area contributed by atoms with E-state index in [-0.39, 0.29) is 11.2 Å². The largest absolute Gasteiger partial charge is 0.495 e. The van der Waals surface area contributed by atoms with Crippen molar-refractivity contribution in [3.05, 3.63) is 41.4 Å². The maximum Gasteiger partial charge on any atom is 0.237 e. The lowest BCUT2D eigenvalue weighted by molar-refractivity contribution is -0.115. The molecule has 0 spiro atoms. The van der Waals surface area contributed by atoms with Gasteiger partial charge in [0.05, 0.1) is 18.0 Å². The highest BCUT2D eigenvalue weighted by molar-refractivity contribution is 8.02. The zero-order valence-electron chi connectivity index (χ0n) is 15.0. The van der Waals surface area contributed by atoms with Gasteiger partial charge in [0.2, 0.25) is 5.91 Å². The Balaban J connectivity index is 1.62. The first kappa shape index (κ1) is 17.8. The molecule has 2 aromatic carbocycles. The second-order valence-corrected chi connectivity index (χ2v) is 8.75. The van der Waals surface area contributed by atoms with Crippen molar-refractivity contribution in [2.75, 3.05) is 12.4 Å². The number of anilines is 1. The molecule has 27 heavy (non-hydrogen) atoms. The van der Waals surface area contributed by atoms with Crippen molar-refractivity contribution in [3.63, 3.8) is 0 Å². The van der Waals surface area contributed by atoms with Crippen LogP contribution in [0.5, 0.6) is 5.75 Å². The number of aryl methyl sites for hydroxylation is 1. The summed E-state index contributed by atoms with van der Waals surface area (Å²) in [7, 11) is 1.58. The number of nitrogens with zero attached hydrogens (tertiary/aromatic N) is 2. The van der Waals surface area contributed by atoms with Crippen LogP contribution >= 0.6 is 23.1 Å². The van der Waals surface area contributed by atoms with E-state index in [9.17, 15) is 4.79 Å². The lowest BCUT2D eigenvalue weighted by atomic mass is 10.1. The van der Waals surface area contributed by atoms with Gasteiger partial charge < -0.3 is 14.5 Å². The van der Waals surface area contributed by atoms with Crippen LogP contribution in [-0.4, -0.2) is 28.5 Å². The number of methoxy groups -OCH3 is 1. The Morgan fingerprint density at radius 1 is 1.22 bits per heavy atom. The number of nitrogens with one attached hydrogen (secondary N) is 1. The number of rotatable bonds is 5. The van der Waals surface area contributed by atoms with Gasteiger partial charge in [0.25, 0.3) is 0 Å². The first-order valence-corrected chi connectivity index (χ1v) is 10.0. The fourth-order valence-electron chi connectivity index (χ4n) is 2.78. The number of para-hydroxylation sites is 1. The molecule has 6 nitrogen and oxygen atoms in total. The highest BCUT2D eigenvalue weighted by Gasteiger charge is 2.20. The molecule has 1 amide bonds. The molecule has 2 aromatic heterocycles. The topological polar surface area (TPSA) is 77.2 Å². The number of benzene rings is 2. The van der Waals surface area contributed by atoms with Gasteiger partial charge in [0, 0.05) is 16.8 Å². The smallest absolute Gasteiger partial charge is 0.237 e. The predicted octanol–water partition coefficient (Wildman–Crippen LogP) is 4.87. The van der Waals surface area contributed by atoms with Crippen LogP contribution in [0.4, 0.5) is 5.69 Å². The van der Waals surface area contributed by atoms with Crippen molar-refractivity contribution in [1.29, 1.82) is 0 Å².